The smallest absolute Gasteiger partial charge is 0.433 e. The van der Waals surface area contributed by atoms with Gasteiger partial charge in [0.2, 0.25) is 0 Å². The highest BCUT2D eigenvalue weighted by atomic mass is 19.4. The van der Waals surface area contributed by atoms with Crippen molar-refractivity contribution in [2.75, 3.05) is 36.2 Å². The molecule has 0 spiro atoms. The molecule has 154 valence electrons. The number of benzene rings is 1. The second kappa shape index (κ2) is 7.86. The first kappa shape index (κ1) is 20.2. The van der Waals surface area contributed by atoms with Crippen LogP contribution in [0.2, 0.25) is 0 Å². The molecule has 1 aliphatic heterocycles. The highest BCUT2D eigenvalue weighted by Crippen LogP contribution is 2.35. The Bertz CT molecular complexity index is 947. The molecule has 0 unspecified atom stereocenters. The number of amides is 3. The zero-order valence-corrected chi connectivity index (χ0v) is 15.6. The van der Waals surface area contributed by atoms with Crippen LogP contribution in [0.1, 0.15) is 11.3 Å². The normalized spacial score (nSPS) is 13.1. The minimum absolute atomic E-state index is 0.0445. The van der Waals surface area contributed by atoms with Gasteiger partial charge in [-0.3, -0.25) is 4.79 Å². The summed E-state index contributed by atoms with van der Waals surface area (Å²) in [6, 6.07) is 6.41. The molecule has 3 amide bonds. The summed E-state index contributed by atoms with van der Waals surface area (Å²) >= 11 is 0. The maximum Gasteiger partial charge on any atom is 0.433 e. The van der Waals surface area contributed by atoms with Gasteiger partial charge in [0.1, 0.15) is 11.5 Å². The molecule has 11 heteroatoms. The lowest BCUT2D eigenvalue weighted by molar-refractivity contribution is -0.141. The standard InChI is InChI=1S/C18H18F3N5O3/c1-26(2)16-10(6-7-13(25-16)18(19,20)21)8-22-17(28)24-12-5-3-4-11-15(12)29-9-14(27)23-11/h3-7H,8-9H2,1-2H3,(H,23,27)(H2,22,24,28). The predicted molar refractivity (Wildman–Crippen MR) is 100.0 cm³/mol. The molecule has 2 heterocycles. The van der Waals surface area contributed by atoms with Gasteiger partial charge in [-0.1, -0.05) is 12.1 Å². The molecular formula is C18H18F3N5O3. The molecular weight excluding hydrogens is 391 g/mol. The Hall–Kier alpha value is -3.50. The number of pyridine rings is 1. The molecule has 29 heavy (non-hydrogen) atoms. The number of para-hydroxylation sites is 1. The average Bonchev–Trinajstić information content (AvgIpc) is 2.65. The van der Waals surface area contributed by atoms with Gasteiger partial charge in [-0.25, -0.2) is 9.78 Å². The van der Waals surface area contributed by atoms with Crippen molar-refractivity contribution >= 4 is 29.1 Å². The van der Waals surface area contributed by atoms with Crippen LogP contribution in [0.4, 0.5) is 35.2 Å². The van der Waals surface area contributed by atoms with Gasteiger partial charge in [0, 0.05) is 26.2 Å². The number of nitrogens with one attached hydrogen (secondary N) is 3. The van der Waals surface area contributed by atoms with E-state index in [0.29, 0.717) is 22.7 Å². The third-order valence-corrected chi connectivity index (χ3v) is 3.99. The molecule has 3 N–H and O–H groups in total. The molecule has 0 atom stereocenters. The molecule has 0 bridgehead atoms. The molecule has 0 fully saturated rings. The van der Waals surface area contributed by atoms with Gasteiger partial charge in [0.25, 0.3) is 5.91 Å². The van der Waals surface area contributed by atoms with Crippen molar-refractivity contribution in [1.82, 2.24) is 10.3 Å². The van der Waals surface area contributed by atoms with Crippen molar-refractivity contribution < 1.29 is 27.5 Å². The number of aromatic nitrogens is 1. The number of ether oxygens (including phenoxy) is 1. The Morgan fingerprint density at radius 2 is 2.03 bits per heavy atom. The number of carbonyl (C=O) groups is 2. The molecule has 0 saturated heterocycles. The van der Waals surface area contributed by atoms with Crippen molar-refractivity contribution in [3.63, 3.8) is 0 Å². The summed E-state index contributed by atoms with van der Waals surface area (Å²) in [7, 11) is 3.13. The first-order valence-corrected chi connectivity index (χ1v) is 8.50. The van der Waals surface area contributed by atoms with Crippen LogP contribution in [0.3, 0.4) is 0 Å². The van der Waals surface area contributed by atoms with Crippen LogP contribution in [0.15, 0.2) is 30.3 Å². The number of hydrogen-bond acceptors (Lipinski definition) is 5. The van der Waals surface area contributed by atoms with Gasteiger partial charge in [0.15, 0.2) is 12.4 Å². The van der Waals surface area contributed by atoms with Gasteiger partial charge in [0.05, 0.1) is 11.4 Å². The molecule has 0 radical (unpaired) electrons. The number of rotatable bonds is 4. The summed E-state index contributed by atoms with van der Waals surface area (Å²) in [5.74, 6) is 0.126. The molecule has 8 nitrogen and oxygen atoms in total. The van der Waals surface area contributed by atoms with Crippen LogP contribution >= 0.6 is 0 Å². The summed E-state index contributed by atoms with van der Waals surface area (Å²) in [6.45, 7) is -0.214. The minimum Gasteiger partial charge on any atom is -0.479 e. The lowest BCUT2D eigenvalue weighted by Gasteiger charge is -2.21. The Morgan fingerprint density at radius 1 is 1.28 bits per heavy atom. The number of urea groups is 1. The summed E-state index contributed by atoms with van der Waals surface area (Å²) in [4.78, 5) is 28.7. The topological polar surface area (TPSA) is 95.6 Å². The van der Waals surface area contributed by atoms with Gasteiger partial charge in [-0.15, -0.1) is 0 Å². The van der Waals surface area contributed by atoms with E-state index in [1.54, 1.807) is 32.3 Å². The summed E-state index contributed by atoms with van der Waals surface area (Å²) in [5, 5.41) is 7.80. The maximum absolute atomic E-state index is 12.9. The zero-order valence-electron chi connectivity index (χ0n) is 15.6. The van der Waals surface area contributed by atoms with E-state index in [1.165, 1.54) is 11.0 Å². The fourth-order valence-corrected chi connectivity index (χ4v) is 2.72. The van der Waals surface area contributed by atoms with Crippen LogP contribution < -0.4 is 25.6 Å². The van der Waals surface area contributed by atoms with Crippen molar-refractivity contribution in [1.29, 1.82) is 0 Å². The third kappa shape index (κ3) is 4.68. The Balaban J connectivity index is 1.70. The largest absolute Gasteiger partial charge is 0.479 e. The Kier molecular flexibility index (Phi) is 5.48. The van der Waals surface area contributed by atoms with Crippen LogP contribution in [0.25, 0.3) is 0 Å². The van der Waals surface area contributed by atoms with E-state index in [0.717, 1.165) is 6.07 Å². The van der Waals surface area contributed by atoms with E-state index >= 15 is 0 Å². The summed E-state index contributed by atoms with van der Waals surface area (Å²) in [6.07, 6.45) is -4.56. The van der Waals surface area contributed by atoms with Gasteiger partial charge < -0.3 is 25.6 Å². The number of alkyl halides is 3. The number of nitrogens with zero attached hydrogens (tertiary/aromatic N) is 2. The van der Waals surface area contributed by atoms with Crippen LogP contribution in [-0.2, 0) is 17.5 Å². The van der Waals surface area contributed by atoms with Crippen molar-refractivity contribution in [2.24, 2.45) is 0 Å². The molecule has 2 aromatic rings. The molecule has 3 rings (SSSR count). The van der Waals surface area contributed by atoms with Crippen LogP contribution in [-0.4, -0.2) is 37.6 Å². The Morgan fingerprint density at radius 3 is 2.72 bits per heavy atom. The lowest BCUT2D eigenvalue weighted by atomic mass is 10.2. The molecule has 1 aliphatic rings. The maximum atomic E-state index is 12.9. The third-order valence-electron chi connectivity index (χ3n) is 3.99. The van der Waals surface area contributed by atoms with Crippen LogP contribution in [0.5, 0.6) is 5.75 Å². The van der Waals surface area contributed by atoms with Gasteiger partial charge >= 0.3 is 12.2 Å². The highest BCUT2D eigenvalue weighted by molar-refractivity contribution is 5.99. The first-order chi connectivity index (χ1) is 13.6. The van der Waals surface area contributed by atoms with Gasteiger partial charge in [-0.05, 0) is 18.2 Å². The second-order valence-electron chi connectivity index (χ2n) is 6.40. The summed E-state index contributed by atoms with van der Waals surface area (Å²) in [5.41, 5.74) is 0.181. The monoisotopic (exact) mass is 409 g/mol. The highest BCUT2D eigenvalue weighted by Gasteiger charge is 2.33. The van der Waals surface area contributed by atoms with E-state index in [4.69, 9.17) is 4.74 Å². The van der Waals surface area contributed by atoms with E-state index in [9.17, 15) is 22.8 Å². The number of carbonyl (C=O) groups excluding carboxylic acids is 2. The SMILES string of the molecule is CN(C)c1nc(C(F)(F)F)ccc1CNC(=O)Nc1cccc2c1OCC(=O)N2. The van der Waals surface area contributed by atoms with Crippen molar-refractivity contribution in [3.8, 4) is 5.75 Å². The number of anilines is 3. The van der Waals surface area contributed by atoms with E-state index in [-0.39, 0.29) is 24.9 Å². The van der Waals surface area contributed by atoms with E-state index in [1.807, 2.05) is 0 Å². The number of halogens is 3. The fraction of sp³-hybridized carbons (Fsp3) is 0.278. The van der Waals surface area contributed by atoms with E-state index in [2.05, 4.69) is 20.9 Å². The zero-order chi connectivity index (χ0) is 21.2. The van der Waals surface area contributed by atoms with Crippen molar-refractivity contribution in [3.05, 3.63) is 41.6 Å². The van der Waals surface area contributed by atoms with Crippen molar-refractivity contribution in [2.45, 2.75) is 12.7 Å². The second-order valence-corrected chi connectivity index (χ2v) is 6.40. The summed E-state index contributed by atoms with van der Waals surface area (Å²) < 4.78 is 44.0. The molecule has 0 saturated carbocycles. The van der Waals surface area contributed by atoms with Gasteiger partial charge in [-0.2, -0.15) is 13.2 Å². The minimum atomic E-state index is -4.56. The fourth-order valence-electron chi connectivity index (χ4n) is 2.72. The molecule has 1 aromatic carbocycles. The molecule has 1 aromatic heterocycles. The Labute approximate surface area is 164 Å². The van der Waals surface area contributed by atoms with Crippen LogP contribution in [0, 0.1) is 0 Å². The molecule has 0 aliphatic carbocycles. The quantitative estimate of drug-likeness (QED) is 0.722. The number of hydrogen-bond donors (Lipinski definition) is 3. The first-order valence-electron chi connectivity index (χ1n) is 8.50. The van der Waals surface area contributed by atoms with E-state index < -0.39 is 17.9 Å². The predicted octanol–water partition coefficient (Wildman–Crippen LogP) is 2.82. The average molecular weight is 409 g/mol. The lowest BCUT2D eigenvalue weighted by Crippen LogP contribution is -2.31. The number of fused-ring (bicyclic) bond motifs is 1.